The highest BCUT2D eigenvalue weighted by molar-refractivity contribution is 6.02. The Morgan fingerprint density at radius 1 is 0.976 bits per heavy atom. The lowest BCUT2D eigenvalue weighted by Gasteiger charge is -2.38. The van der Waals surface area contributed by atoms with Gasteiger partial charge in [-0.2, -0.15) is 0 Å². The Balaban J connectivity index is 1.30. The molecule has 10 heteroatoms. The van der Waals surface area contributed by atoms with Crippen molar-refractivity contribution >= 4 is 22.8 Å². The van der Waals surface area contributed by atoms with Crippen LogP contribution in [0.25, 0.3) is 11.0 Å². The molecule has 2 amide bonds. The van der Waals surface area contributed by atoms with Crippen LogP contribution in [0.1, 0.15) is 39.7 Å². The molecule has 0 aliphatic carbocycles. The molecule has 7 rings (SSSR count). The Morgan fingerprint density at radius 2 is 1.83 bits per heavy atom. The second kappa shape index (κ2) is 11.6. The minimum atomic E-state index is -0.261. The second-order valence-electron chi connectivity index (χ2n) is 10.6. The lowest BCUT2D eigenvalue weighted by Crippen LogP contribution is -2.44. The molecule has 1 atom stereocenters. The quantitative estimate of drug-likeness (QED) is 0.378. The first-order valence-electron chi connectivity index (χ1n) is 13.9. The summed E-state index contributed by atoms with van der Waals surface area (Å²) in [5.74, 6) is 1.47. The average Bonchev–Trinajstić information content (AvgIpc) is 3.41. The van der Waals surface area contributed by atoms with Gasteiger partial charge >= 0.3 is 0 Å². The molecule has 3 aliphatic heterocycles. The molecule has 0 radical (unpaired) electrons. The standard InChI is InChI=1S/C31H33N5O5/c1-34(2)20-27(37)36-14-11-21-18-24-9-10-25(21)28(36)22-6-3-7-23(19-22)39-16-5-13-35(15-17-40-24)31(38)29-26-8-4-12-32-30(26)33-41-29/h3-4,6-10,12,18-19,28H,5,11,13-17,20H2,1-2H3. The molecule has 0 spiro atoms. The first kappa shape index (κ1) is 26.8. The van der Waals surface area contributed by atoms with Gasteiger partial charge in [0.1, 0.15) is 18.1 Å². The van der Waals surface area contributed by atoms with Crippen LogP contribution in [-0.4, -0.2) is 90.1 Å². The predicted octanol–water partition coefficient (Wildman–Crippen LogP) is 3.56. The SMILES string of the molecule is CN(C)CC(=O)N1CCc2cc3ccc2C1c1cccc(c1)OCCCN(C(=O)c1onc2ncccc12)CCO3. The van der Waals surface area contributed by atoms with Gasteiger partial charge in [-0.05, 0) is 80.0 Å². The predicted molar refractivity (Wildman–Crippen MR) is 152 cm³/mol. The number of carbonyl (C=O) groups is 2. The number of aromatic nitrogens is 2. The molecule has 0 fully saturated rings. The molecule has 4 aromatic rings. The molecule has 0 saturated heterocycles. The minimum absolute atomic E-state index is 0.0896. The van der Waals surface area contributed by atoms with Crippen LogP contribution in [-0.2, 0) is 11.2 Å². The van der Waals surface area contributed by atoms with Gasteiger partial charge in [0.15, 0.2) is 0 Å². The van der Waals surface area contributed by atoms with Crippen molar-refractivity contribution in [3.05, 3.63) is 83.2 Å². The van der Waals surface area contributed by atoms with E-state index < -0.39 is 0 Å². The topological polar surface area (TPSA) is 101 Å². The molecule has 0 N–H and O–H groups in total. The van der Waals surface area contributed by atoms with Crippen molar-refractivity contribution in [2.45, 2.75) is 18.9 Å². The normalized spacial score (nSPS) is 17.4. The summed E-state index contributed by atoms with van der Waals surface area (Å²) < 4.78 is 17.7. The van der Waals surface area contributed by atoms with Crippen LogP contribution in [0, 0.1) is 0 Å². The third kappa shape index (κ3) is 5.60. The van der Waals surface area contributed by atoms with Crippen LogP contribution < -0.4 is 9.47 Å². The van der Waals surface area contributed by atoms with Crippen LogP contribution in [0.15, 0.2) is 65.3 Å². The lowest BCUT2D eigenvalue weighted by molar-refractivity contribution is -0.133. The minimum Gasteiger partial charge on any atom is -0.494 e. The van der Waals surface area contributed by atoms with Crippen LogP contribution in [0.4, 0.5) is 0 Å². The zero-order valence-corrected chi connectivity index (χ0v) is 23.3. The Morgan fingerprint density at radius 3 is 2.71 bits per heavy atom. The molecule has 1 unspecified atom stereocenters. The van der Waals surface area contributed by atoms with Gasteiger partial charge in [-0.1, -0.05) is 23.4 Å². The molecule has 5 heterocycles. The lowest BCUT2D eigenvalue weighted by atomic mass is 9.87. The van der Waals surface area contributed by atoms with Crippen molar-refractivity contribution in [1.29, 1.82) is 0 Å². The molecule has 10 nitrogen and oxygen atoms in total. The number of likely N-dealkylation sites (N-methyl/N-ethyl adjacent to an activating group) is 1. The van der Waals surface area contributed by atoms with Crippen molar-refractivity contribution in [2.24, 2.45) is 0 Å². The van der Waals surface area contributed by atoms with Gasteiger partial charge in [-0.3, -0.25) is 9.59 Å². The van der Waals surface area contributed by atoms with E-state index in [1.807, 2.05) is 54.2 Å². The number of hydrogen-bond acceptors (Lipinski definition) is 8. The number of pyridine rings is 1. The highest BCUT2D eigenvalue weighted by Crippen LogP contribution is 2.38. The fraction of sp³-hybridized carbons (Fsp3) is 0.355. The van der Waals surface area contributed by atoms with Crippen LogP contribution >= 0.6 is 0 Å². The van der Waals surface area contributed by atoms with Crippen molar-refractivity contribution in [3.8, 4) is 11.5 Å². The van der Waals surface area contributed by atoms with E-state index in [4.69, 9.17) is 14.0 Å². The van der Waals surface area contributed by atoms with E-state index in [0.717, 1.165) is 34.6 Å². The maximum Gasteiger partial charge on any atom is 0.293 e. The number of fused-ring (bicyclic) bond motifs is 9. The summed E-state index contributed by atoms with van der Waals surface area (Å²) in [5, 5.41) is 4.53. The summed E-state index contributed by atoms with van der Waals surface area (Å²) in [6.07, 6.45) is 2.95. The molecular formula is C31H33N5O5. The molecule has 6 bridgehead atoms. The number of ether oxygens (including phenoxy) is 2. The molecular weight excluding hydrogens is 522 g/mol. The summed E-state index contributed by atoms with van der Waals surface area (Å²) in [6.45, 7) is 2.50. The van der Waals surface area contributed by atoms with E-state index >= 15 is 0 Å². The van der Waals surface area contributed by atoms with Crippen molar-refractivity contribution in [2.75, 3.05) is 53.5 Å². The van der Waals surface area contributed by atoms with Gasteiger partial charge in [-0.25, -0.2) is 4.98 Å². The fourth-order valence-electron chi connectivity index (χ4n) is 5.57. The average molecular weight is 556 g/mol. The first-order valence-corrected chi connectivity index (χ1v) is 13.9. The Hall–Kier alpha value is -4.44. The van der Waals surface area contributed by atoms with Crippen LogP contribution in [0.5, 0.6) is 11.5 Å². The molecule has 212 valence electrons. The van der Waals surface area contributed by atoms with Crippen molar-refractivity contribution < 1.29 is 23.6 Å². The van der Waals surface area contributed by atoms with Gasteiger partial charge in [0.05, 0.1) is 31.1 Å². The Labute approximate surface area is 238 Å². The Kier molecular flexibility index (Phi) is 7.56. The summed E-state index contributed by atoms with van der Waals surface area (Å²) in [7, 11) is 3.82. The van der Waals surface area contributed by atoms with E-state index in [-0.39, 0.29) is 23.6 Å². The zero-order valence-electron chi connectivity index (χ0n) is 23.3. The molecule has 2 aromatic carbocycles. The van der Waals surface area contributed by atoms with Crippen molar-refractivity contribution in [3.63, 3.8) is 0 Å². The third-order valence-electron chi connectivity index (χ3n) is 7.50. The van der Waals surface area contributed by atoms with E-state index in [9.17, 15) is 9.59 Å². The summed E-state index contributed by atoms with van der Waals surface area (Å²) >= 11 is 0. The van der Waals surface area contributed by atoms with E-state index in [2.05, 4.69) is 22.3 Å². The van der Waals surface area contributed by atoms with Gasteiger partial charge in [0.25, 0.3) is 5.91 Å². The third-order valence-corrected chi connectivity index (χ3v) is 7.50. The number of rotatable bonds is 3. The van der Waals surface area contributed by atoms with E-state index in [1.54, 1.807) is 23.2 Å². The maximum atomic E-state index is 13.5. The summed E-state index contributed by atoms with van der Waals surface area (Å²) in [6, 6.07) is 17.3. The monoisotopic (exact) mass is 555 g/mol. The molecule has 2 aromatic heterocycles. The number of benzene rings is 2. The smallest absolute Gasteiger partial charge is 0.293 e. The second-order valence-corrected chi connectivity index (χ2v) is 10.6. The zero-order chi connectivity index (χ0) is 28.3. The number of nitrogens with zero attached hydrogens (tertiary/aromatic N) is 5. The van der Waals surface area contributed by atoms with Gasteiger partial charge < -0.3 is 28.7 Å². The highest BCUT2D eigenvalue weighted by Gasteiger charge is 2.33. The van der Waals surface area contributed by atoms with Gasteiger partial charge in [0.2, 0.25) is 17.3 Å². The van der Waals surface area contributed by atoms with E-state index in [1.165, 1.54) is 0 Å². The van der Waals surface area contributed by atoms with Crippen LogP contribution in [0.2, 0.25) is 0 Å². The molecule has 41 heavy (non-hydrogen) atoms. The van der Waals surface area contributed by atoms with Crippen LogP contribution in [0.3, 0.4) is 0 Å². The number of hydrogen-bond donors (Lipinski definition) is 0. The largest absolute Gasteiger partial charge is 0.494 e. The van der Waals surface area contributed by atoms with E-state index in [0.29, 0.717) is 56.8 Å². The van der Waals surface area contributed by atoms with Gasteiger partial charge in [0, 0.05) is 19.3 Å². The summed E-state index contributed by atoms with van der Waals surface area (Å²) in [4.78, 5) is 36.6. The van der Waals surface area contributed by atoms with Crippen molar-refractivity contribution in [1.82, 2.24) is 24.8 Å². The number of amides is 2. The number of carbonyl (C=O) groups excluding carboxylic acids is 2. The first-order chi connectivity index (χ1) is 20.0. The highest BCUT2D eigenvalue weighted by atomic mass is 16.5. The molecule has 3 aliphatic rings. The Bertz CT molecular complexity index is 1570. The summed E-state index contributed by atoms with van der Waals surface area (Å²) in [5.41, 5.74) is 3.63. The molecule has 0 saturated carbocycles. The maximum absolute atomic E-state index is 13.5. The van der Waals surface area contributed by atoms with Gasteiger partial charge in [-0.15, -0.1) is 0 Å². The fourth-order valence-corrected chi connectivity index (χ4v) is 5.57.